The number of carbonyl (C=O) groups is 1. The van der Waals surface area contributed by atoms with E-state index in [1.807, 2.05) is 18.2 Å². The second kappa shape index (κ2) is 7.97. The molecule has 1 N–H and O–H groups in total. The molecule has 156 valence electrons. The lowest BCUT2D eigenvalue weighted by Crippen LogP contribution is -2.44. The number of nitrogens with zero attached hydrogens (tertiary/aromatic N) is 3. The molecule has 0 radical (unpaired) electrons. The molecule has 2 fully saturated rings. The quantitative estimate of drug-likeness (QED) is 0.656. The van der Waals surface area contributed by atoms with E-state index < -0.39 is 0 Å². The Hall–Kier alpha value is -2.50. The number of para-hydroxylation sites is 2. The number of nitrogens with one attached hydrogen (secondary N) is 1. The Kier molecular flexibility index (Phi) is 5.17. The first-order chi connectivity index (χ1) is 14.6. The summed E-state index contributed by atoms with van der Waals surface area (Å²) in [6, 6.07) is 17.2. The van der Waals surface area contributed by atoms with E-state index in [9.17, 15) is 4.79 Å². The zero-order valence-corrected chi connectivity index (χ0v) is 17.8. The molecule has 5 rings (SSSR count). The summed E-state index contributed by atoms with van der Waals surface area (Å²) in [5.41, 5.74) is 4.20. The lowest BCUT2D eigenvalue weighted by atomic mass is 9.98. The molecule has 2 unspecified atom stereocenters. The van der Waals surface area contributed by atoms with Crippen molar-refractivity contribution in [1.29, 1.82) is 0 Å². The van der Waals surface area contributed by atoms with Crippen molar-refractivity contribution in [3.05, 3.63) is 65.5 Å². The Balaban J connectivity index is 1.37. The van der Waals surface area contributed by atoms with E-state index in [2.05, 4.69) is 59.0 Å². The number of imidazole rings is 1. The van der Waals surface area contributed by atoms with Gasteiger partial charge in [0, 0.05) is 18.2 Å². The van der Waals surface area contributed by atoms with Gasteiger partial charge in [-0.3, -0.25) is 9.69 Å². The molecule has 0 saturated carbocycles. The Morgan fingerprint density at radius 1 is 1.13 bits per heavy atom. The lowest BCUT2D eigenvalue weighted by Gasteiger charge is -2.29. The number of aryl methyl sites for hydroxylation is 1. The Labute approximate surface area is 178 Å². The fourth-order valence-corrected chi connectivity index (χ4v) is 5.35. The normalized spacial score (nSPS) is 23.3. The number of Topliss-reactive ketones (excluding diaryl/α,β-unsaturated/α-hetero) is 1. The first-order valence-corrected chi connectivity index (χ1v) is 11.2. The highest BCUT2D eigenvalue weighted by Gasteiger charge is 2.36. The summed E-state index contributed by atoms with van der Waals surface area (Å²) in [6.07, 6.45) is 3.25. The van der Waals surface area contributed by atoms with E-state index in [-0.39, 0.29) is 17.9 Å². The number of likely N-dealkylation sites (tertiary alicyclic amines) is 1. The molecule has 2 aromatic carbocycles. The molecule has 2 saturated heterocycles. The third-order valence-electron chi connectivity index (χ3n) is 6.94. The summed E-state index contributed by atoms with van der Waals surface area (Å²) in [5.74, 6) is 1.29. The van der Waals surface area contributed by atoms with Gasteiger partial charge in [-0.15, -0.1) is 0 Å². The minimum Gasteiger partial charge on any atom is -0.321 e. The largest absolute Gasteiger partial charge is 0.321 e. The summed E-state index contributed by atoms with van der Waals surface area (Å²) in [4.78, 5) is 20.4. The second-order valence-electron chi connectivity index (χ2n) is 8.72. The van der Waals surface area contributed by atoms with E-state index in [1.165, 1.54) is 5.56 Å². The Bertz CT molecular complexity index is 1050. The van der Waals surface area contributed by atoms with Crippen LogP contribution in [-0.2, 0) is 0 Å². The molecule has 30 heavy (non-hydrogen) atoms. The maximum absolute atomic E-state index is 13.3. The Morgan fingerprint density at radius 3 is 2.70 bits per heavy atom. The van der Waals surface area contributed by atoms with Crippen LogP contribution in [-0.4, -0.2) is 52.0 Å². The first-order valence-electron chi connectivity index (χ1n) is 11.2. The van der Waals surface area contributed by atoms with Crippen molar-refractivity contribution in [3.63, 3.8) is 0 Å². The predicted octanol–water partition coefficient (Wildman–Crippen LogP) is 3.96. The molecule has 3 aromatic rings. The molecule has 0 bridgehead atoms. The average molecular weight is 403 g/mol. The minimum absolute atomic E-state index is 0.0398. The third kappa shape index (κ3) is 3.36. The van der Waals surface area contributed by atoms with Crippen LogP contribution in [0.2, 0.25) is 0 Å². The van der Waals surface area contributed by atoms with Crippen LogP contribution < -0.4 is 5.32 Å². The number of carbonyl (C=O) groups excluding carboxylic acids is 1. The molecule has 5 nitrogen and oxygen atoms in total. The van der Waals surface area contributed by atoms with Gasteiger partial charge in [0.05, 0.1) is 23.1 Å². The molecule has 2 aliphatic heterocycles. The zero-order valence-electron chi connectivity index (χ0n) is 17.8. The number of hydrogen-bond donors (Lipinski definition) is 1. The van der Waals surface area contributed by atoms with Crippen LogP contribution >= 0.6 is 0 Å². The van der Waals surface area contributed by atoms with Crippen LogP contribution in [0.5, 0.6) is 0 Å². The van der Waals surface area contributed by atoms with Gasteiger partial charge in [0.15, 0.2) is 5.78 Å². The van der Waals surface area contributed by atoms with Crippen molar-refractivity contribution in [2.24, 2.45) is 0 Å². The van der Waals surface area contributed by atoms with Gasteiger partial charge in [-0.05, 0) is 63.9 Å². The average Bonchev–Trinajstić information content (AvgIpc) is 3.51. The second-order valence-corrected chi connectivity index (χ2v) is 8.72. The van der Waals surface area contributed by atoms with Gasteiger partial charge in [0.1, 0.15) is 5.82 Å². The molecular formula is C25H30N4O. The van der Waals surface area contributed by atoms with Gasteiger partial charge in [0.2, 0.25) is 0 Å². The van der Waals surface area contributed by atoms with Crippen LogP contribution in [0.1, 0.15) is 54.0 Å². The molecule has 3 atom stereocenters. The molecule has 0 spiro atoms. The third-order valence-corrected chi connectivity index (χ3v) is 6.94. The SMILES string of the molecule is Cc1nc2ccccc2n1[C@@H](C)c1ccc(C(=O)C2CCCN2C2CCNC2)cc1. The van der Waals surface area contributed by atoms with Crippen LogP contribution in [0.4, 0.5) is 0 Å². The highest BCUT2D eigenvalue weighted by molar-refractivity contribution is 6.00. The number of aromatic nitrogens is 2. The standard InChI is InChI=1S/C25H30N4O/c1-17(29-18(2)27-22-6-3-4-7-23(22)29)19-9-11-20(12-10-19)25(30)24-8-5-15-28(24)21-13-14-26-16-21/h3-4,6-7,9-12,17,21,24,26H,5,8,13-16H2,1-2H3/t17-,21?,24?/m0/s1. The van der Waals surface area contributed by atoms with Crippen LogP contribution in [0, 0.1) is 6.92 Å². The van der Waals surface area contributed by atoms with Gasteiger partial charge >= 0.3 is 0 Å². The maximum atomic E-state index is 13.3. The highest BCUT2D eigenvalue weighted by atomic mass is 16.1. The van der Waals surface area contributed by atoms with Crippen molar-refractivity contribution in [3.8, 4) is 0 Å². The van der Waals surface area contributed by atoms with Gasteiger partial charge in [-0.2, -0.15) is 0 Å². The summed E-state index contributed by atoms with van der Waals surface area (Å²) in [6.45, 7) is 7.38. The molecule has 3 heterocycles. The molecule has 0 aliphatic carbocycles. The van der Waals surface area contributed by atoms with Gasteiger partial charge in [0.25, 0.3) is 0 Å². The fraction of sp³-hybridized carbons (Fsp3) is 0.440. The number of rotatable bonds is 5. The monoisotopic (exact) mass is 402 g/mol. The molecule has 2 aliphatic rings. The minimum atomic E-state index is 0.0398. The van der Waals surface area contributed by atoms with Crippen molar-refractivity contribution in [2.45, 2.75) is 51.2 Å². The highest BCUT2D eigenvalue weighted by Crippen LogP contribution is 2.28. The van der Waals surface area contributed by atoms with E-state index in [0.29, 0.717) is 6.04 Å². The summed E-state index contributed by atoms with van der Waals surface area (Å²) in [5, 5.41) is 3.44. The van der Waals surface area contributed by atoms with E-state index in [4.69, 9.17) is 4.98 Å². The van der Waals surface area contributed by atoms with Crippen LogP contribution in [0.3, 0.4) is 0 Å². The molecular weight excluding hydrogens is 372 g/mol. The van der Waals surface area contributed by atoms with Crippen molar-refractivity contribution in [1.82, 2.24) is 19.8 Å². The summed E-state index contributed by atoms with van der Waals surface area (Å²) >= 11 is 0. The summed E-state index contributed by atoms with van der Waals surface area (Å²) < 4.78 is 2.28. The van der Waals surface area contributed by atoms with Crippen molar-refractivity contribution >= 4 is 16.8 Å². The van der Waals surface area contributed by atoms with Crippen molar-refractivity contribution in [2.75, 3.05) is 19.6 Å². The molecule has 0 amide bonds. The predicted molar refractivity (Wildman–Crippen MR) is 120 cm³/mol. The summed E-state index contributed by atoms with van der Waals surface area (Å²) in [7, 11) is 0. The number of hydrogen-bond acceptors (Lipinski definition) is 4. The Morgan fingerprint density at radius 2 is 1.93 bits per heavy atom. The first kappa shape index (κ1) is 19.5. The molecule has 1 aromatic heterocycles. The maximum Gasteiger partial charge on any atom is 0.179 e. The molecule has 5 heteroatoms. The number of ketones is 1. The number of fused-ring (bicyclic) bond motifs is 1. The topological polar surface area (TPSA) is 50.2 Å². The van der Waals surface area contributed by atoms with Crippen molar-refractivity contribution < 1.29 is 4.79 Å². The lowest BCUT2D eigenvalue weighted by molar-refractivity contribution is 0.0826. The van der Waals surface area contributed by atoms with E-state index in [1.54, 1.807) is 0 Å². The van der Waals surface area contributed by atoms with E-state index >= 15 is 0 Å². The van der Waals surface area contributed by atoms with Gasteiger partial charge in [-0.25, -0.2) is 4.98 Å². The van der Waals surface area contributed by atoms with Gasteiger partial charge < -0.3 is 9.88 Å². The van der Waals surface area contributed by atoms with Crippen LogP contribution in [0.15, 0.2) is 48.5 Å². The van der Waals surface area contributed by atoms with Crippen LogP contribution in [0.25, 0.3) is 11.0 Å². The zero-order chi connectivity index (χ0) is 20.7. The fourth-order valence-electron chi connectivity index (χ4n) is 5.35. The van der Waals surface area contributed by atoms with Gasteiger partial charge in [-0.1, -0.05) is 36.4 Å². The number of benzene rings is 2. The smallest absolute Gasteiger partial charge is 0.179 e. The van der Waals surface area contributed by atoms with E-state index in [0.717, 1.165) is 61.3 Å².